The van der Waals surface area contributed by atoms with Crippen molar-refractivity contribution in [3.63, 3.8) is 0 Å². The second-order valence-electron chi connectivity index (χ2n) is 4.30. The van der Waals surface area contributed by atoms with Gasteiger partial charge in [0.25, 0.3) is 5.91 Å². The molecule has 0 heterocycles. The molecule has 0 saturated carbocycles. The first kappa shape index (κ1) is 15.0. The maximum atomic E-state index is 11.6. The average Bonchev–Trinajstić information content (AvgIpc) is 2.42. The number of carbonyl (C=O) groups excluding carboxylic acids is 2. The van der Waals surface area contributed by atoms with Crippen LogP contribution in [0.15, 0.2) is 36.5 Å². The van der Waals surface area contributed by atoms with Crippen molar-refractivity contribution in [2.75, 3.05) is 6.54 Å². The van der Waals surface area contributed by atoms with Crippen LogP contribution >= 0.6 is 0 Å². The fourth-order valence-corrected chi connectivity index (χ4v) is 1.65. The smallest absolute Gasteiger partial charge is 0.266 e. The molecular formula is C15H20N2O2. The lowest BCUT2D eigenvalue weighted by Crippen LogP contribution is -2.31. The largest absolute Gasteiger partial charge is 0.377 e. The van der Waals surface area contributed by atoms with Crippen LogP contribution in [-0.4, -0.2) is 18.2 Å². The molecule has 102 valence electrons. The Kier molecular flexibility index (Phi) is 5.79. The molecule has 0 bridgehead atoms. The maximum Gasteiger partial charge on any atom is 0.266 e. The minimum absolute atomic E-state index is 0.0125. The van der Waals surface area contributed by atoms with Gasteiger partial charge in [0.15, 0.2) is 5.78 Å². The van der Waals surface area contributed by atoms with Gasteiger partial charge in [-0.25, -0.2) is 0 Å². The summed E-state index contributed by atoms with van der Waals surface area (Å²) >= 11 is 0. The normalized spacial score (nSPS) is 9.79. The molecule has 1 aromatic rings. The van der Waals surface area contributed by atoms with E-state index in [4.69, 9.17) is 0 Å². The molecule has 19 heavy (non-hydrogen) atoms. The van der Waals surface area contributed by atoms with Crippen LogP contribution in [0.5, 0.6) is 0 Å². The molecular weight excluding hydrogens is 240 g/mol. The number of carbonyl (C=O) groups is 2. The van der Waals surface area contributed by atoms with Crippen LogP contribution in [0.3, 0.4) is 0 Å². The molecule has 0 aromatic heterocycles. The van der Waals surface area contributed by atoms with E-state index < -0.39 is 0 Å². The molecule has 0 aliphatic rings. The standard InChI is InChI=1S/C15H20N2O2/c1-4-9-16-15(19)11(2)17-10-13-7-5-6-8-14(13)12(3)18/h5-8,17H,2,4,9-10H2,1,3H3,(H,16,19). The van der Waals surface area contributed by atoms with E-state index in [1.807, 2.05) is 25.1 Å². The van der Waals surface area contributed by atoms with Gasteiger partial charge in [-0.1, -0.05) is 37.8 Å². The van der Waals surface area contributed by atoms with Crippen LogP contribution < -0.4 is 10.6 Å². The summed E-state index contributed by atoms with van der Waals surface area (Å²) < 4.78 is 0. The van der Waals surface area contributed by atoms with Crippen LogP contribution in [-0.2, 0) is 11.3 Å². The lowest BCUT2D eigenvalue weighted by molar-refractivity contribution is -0.117. The SMILES string of the molecule is C=C(NCc1ccccc1C(C)=O)C(=O)NCCC. The van der Waals surface area contributed by atoms with Gasteiger partial charge in [-0.05, 0) is 18.9 Å². The molecule has 0 atom stereocenters. The number of rotatable bonds is 7. The Balaban J connectivity index is 2.60. The van der Waals surface area contributed by atoms with E-state index in [2.05, 4.69) is 17.2 Å². The Bertz CT molecular complexity index is 481. The first-order valence-corrected chi connectivity index (χ1v) is 6.36. The number of amides is 1. The van der Waals surface area contributed by atoms with Crippen LogP contribution in [0, 0.1) is 0 Å². The van der Waals surface area contributed by atoms with Crippen molar-refractivity contribution in [2.45, 2.75) is 26.8 Å². The third-order valence-electron chi connectivity index (χ3n) is 2.70. The predicted molar refractivity (Wildman–Crippen MR) is 75.7 cm³/mol. The monoisotopic (exact) mass is 260 g/mol. The highest BCUT2D eigenvalue weighted by Crippen LogP contribution is 2.09. The van der Waals surface area contributed by atoms with Gasteiger partial charge in [-0.15, -0.1) is 0 Å². The van der Waals surface area contributed by atoms with Crippen molar-refractivity contribution in [2.24, 2.45) is 0 Å². The topological polar surface area (TPSA) is 58.2 Å². The first-order chi connectivity index (χ1) is 9.06. The molecule has 4 heteroatoms. The highest BCUT2D eigenvalue weighted by Gasteiger charge is 2.08. The molecule has 1 aromatic carbocycles. The third kappa shape index (κ3) is 4.58. The Morgan fingerprint density at radius 2 is 1.89 bits per heavy atom. The molecule has 0 aliphatic carbocycles. The van der Waals surface area contributed by atoms with Crippen molar-refractivity contribution in [3.05, 3.63) is 47.7 Å². The van der Waals surface area contributed by atoms with Gasteiger partial charge in [0.05, 0.1) is 5.70 Å². The summed E-state index contributed by atoms with van der Waals surface area (Å²) in [6, 6.07) is 7.33. The van der Waals surface area contributed by atoms with Gasteiger partial charge in [-0.3, -0.25) is 9.59 Å². The lowest BCUT2D eigenvalue weighted by Gasteiger charge is -2.11. The van der Waals surface area contributed by atoms with Crippen molar-refractivity contribution >= 4 is 11.7 Å². The molecule has 1 amide bonds. The summed E-state index contributed by atoms with van der Waals surface area (Å²) in [5.41, 5.74) is 1.84. The lowest BCUT2D eigenvalue weighted by atomic mass is 10.0. The van der Waals surface area contributed by atoms with Crippen molar-refractivity contribution in [1.29, 1.82) is 0 Å². The second-order valence-corrected chi connectivity index (χ2v) is 4.30. The second kappa shape index (κ2) is 7.36. The fraction of sp³-hybridized carbons (Fsp3) is 0.333. The van der Waals surface area contributed by atoms with E-state index in [0.29, 0.717) is 24.4 Å². The van der Waals surface area contributed by atoms with Gasteiger partial charge in [0.1, 0.15) is 0 Å². The number of nitrogens with one attached hydrogen (secondary N) is 2. The molecule has 4 nitrogen and oxygen atoms in total. The van der Waals surface area contributed by atoms with E-state index in [9.17, 15) is 9.59 Å². The Labute approximate surface area is 113 Å². The first-order valence-electron chi connectivity index (χ1n) is 6.36. The maximum absolute atomic E-state index is 11.6. The summed E-state index contributed by atoms with van der Waals surface area (Å²) in [5.74, 6) is -0.194. The fourth-order valence-electron chi connectivity index (χ4n) is 1.65. The number of hydrogen-bond donors (Lipinski definition) is 2. The van der Waals surface area contributed by atoms with Crippen molar-refractivity contribution in [3.8, 4) is 0 Å². The van der Waals surface area contributed by atoms with Crippen molar-refractivity contribution in [1.82, 2.24) is 10.6 Å². The molecule has 2 N–H and O–H groups in total. The molecule has 0 spiro atoms. The van der Waals surface area contributed by atoms with Gasteiger partial charge >= 0.3 is 0 Å². The summed E-state index contributed by atoms with van der Waals surface area (Å²) in [4.78, 5) is 23.1. The van der Waals surface area contributed by atoms with Crippen LogP contribution in [0.25, 0.3) is 0 Å². The summed E-state index contributed by atoms with van der Waals surface area (Å²) in [7, 11) is 0. The third-order valence-corrected chi connectivity index (χ3v) is 2.70. The van der Waals surface area contributed by atoms with Crippen LogP contribution in [0.1, 0.15) is 36.2 Å². The molecule has 0 radical (unpaired) electrons. The Morgan fingerprint density at radius 1 is 1.21 bits per heavy atom. The summed E-state index contributed by atoms with van der Waals surface area (Å²) in [5, 5.41) is 5.68. The van der Waals surface area contributed by atoms with E-state index in [-0.39, 0.29) is 11.7 Å². The van der Waals surface area contributed by atoms with E-state index in [0.717, 1.165) is 12.0 Å². The zero-order chi connectivity index (χ0) is 14.3. The van der Waals surface area contributed by atoms with Crippen LogP contribution in [0.4, 0.5) is 0 Å². The molecule has 0 unspecified atom stereocenters. The van der Waals surface area contributed by atoms with Crippen LogP contribution in [0.2, 0.25) is 0 Å². The van der Waals surface area contributed by atoms with Gasteiger partial charge in [-0.2, -0.15) is 0 Å². The van der Waals surface area contributed by atoms with E-state index in [1.54, 1.807) is 6.07 Å². The number of hydrogen-bond acceptors (Lipinski definition) is 3. The van der Waals surface area contributed by atoms with Gasteiger partial charge in [0.2, 0.25) is 0 Å². The van der Waals surface area contributed by atoms with Gasteiger partial charge in [0, 0.05) is 18.7 Å². The van der Waals surface area contributed by atoms with E-state index in [1.165, 1.54) is 6.92 Å². The molecule has 1 rings (SSSR count). The summed E-state index contributed by atoms with van der Waals surface area (Å²) in [6.07, 6.45) is 0.881. The minimum Gasteiger partial charge on any atom is -0.377 e. The zero-order valence-corrected chi connectivity index (χ0v) is 11.5. The summed E-state index contributed by atoms with van der Waals surface area (Å²) in [6.45, 7) is 8.24. The molecule has 0 aliphatic heterocycles. The van der Waals surface area contributed by atoms with Crippen molar-refractivity contribution < 1.29 is 9.59 Å². The number of benzene rings is 1. The number of Topliss-reactive ketones (excluding diaryl/α,β-unsaturated/α-hetero) is 1. The molecule has 0 fully saturated rings. The minimum atomic E-state index is -0.206. The zero-order valence-electron chi connectivity index (χ0n) is 11.5. The van der Waals surface area contributed by atoms with Gasteiger partial charge < -0.3 is 10.6 Å². The highest BCUT2D eigenvalue weighted by atomic mass is 16.2. The van der Waals surface area contributed by atoms with E-state index >= 15 is 0 Å². The predicted octanol–water partition coefficient (Wildman–Crippen LogP) is 2.02. The quantitative estimate of drug-likeness (QED) is 0.582. The highest BCUT2D eigenvalue weighted by molar-refractivity contribution is 5.95. The number of ketones is 1. The Morgan fingerprint density at radius 3 is 2.53 bits per heavy atom. The average molecular weight is 260 g/mol. The molecule has 0 saturated heterocycles. The Hall–Kier alpha value is -2.10.